The maximum atomic E-state index is 13.0. The molecule has 2 aliphatic rings. The van der Waals surface area contributed by atoms with E-state index in [-0.39, 0.29) is 53.2 Å². The predicted octanol–water partition coefficient (Wildman–Crippen LogP) is -1.56. The molecule has 0 aromatic carbocycles. The fraction of sp³-hybridized carbons (Fsp3) is 0.333. The van der Waals surface area contributed by atoms with Crippen LogP contribution in [0.5, 0.6) is 0 Å². The molecule has 16 nitrogen and oxygen atoms in total. The van der Waals surface area contributed by atoms with Gasteiger partial charge < -0.3 is 35.8 Å². The number of hydrogen-bond donors (Lipinski definition) is 4. The minimum atomic E-state index is -1.41. The molecule has 1 saturated heterocycles. The number of oxime groups is 1. The van der Waals surface area contributed by atoms with Crippen molar-refractivity contribution in [2.24, 2.45) is 10.9 Å². The van der Waals surface area contributed by atoms with Gasteiger partial charge in [0.2, 0.25) is 6.41 Å². The van der Waals surface area contributed by atoms with E-state index in [1.54, 1.807) is 0 Å². The summed E-state index contributed by atoms with van der Waals surface area (Å²) >= 11 is 2.15. The number of primary amides is 1. The number of β-lactam (4-membered cyclic amide) rings is 1. The number of rotatable bonds is 13. The first-order valence-electron chi connectivity index (χ1n) is 9.82. The van der Waals surface area contributed by atoms with Crippen LogP contribution in [0.2, 0.25) is 0 Å². The summed E-state index contributed by atoms with van der Waals surface area (Å²) in [4.78, 5) is 79.4. The molecule has 18 heteroatoms. The second kappa shape index (κ2) is 12.0. The number of nitrogens with one attached hydrogen (secondary N) is 2. The molecule has 4 amide bonds. The highest BCUT2D eigenvalue weighted by atomic mass is 32.2. The van der Waals surface area contributed by atoms with E-state index in [4.69, 9.17) is 10.6 Å². The number of carboxylic acids is 1. The third kappa shape index (κ3) is 5.89. The number of aliphatic carboxylic acids is 1. The summed E-state index contributed by atoms with van der Waals surface area (Å²) < 4.78 is 9.14. The summed E-state index contributed by atoms with van der Waals surface area (Å²) in [7, 11) is 0. The smallest absolute Gasteiger partial charge is 0.404 e. The normalized spacial score (nSPS) is 18.9. The number of anilines is 1. The Kier molecular flexibility index (Phi) is 8.79. The first kappa shape index (κ1) is 26.4. The Hall–Kier alpha value is -4.19. The standard InChI is InChI=1S/C18H18N6O10S2/c19-17(31)33-3-8-4-35-15-11(14(28)24(15)12(8)16(29)30)22-13(27)10(23-34-2-1-32-7-26)9-5-36-18(21-9)20-6-25/h5-7,11,15H,1-4H2,(H2,19,31)(H,22,27)(H,29,30)(H,20,21,25)/t11?,15-/m0/s1. The maximum Gasteiger partial charge on any atom is 0.404 e. The van der Waals surface area contributed by atoms with E-state index in [2.05, 4.69) is 30.2 Å². The number of thioether (sulfide) groups is 1. The highest BCUT2D eigenvalue weighted by Gasteiger charge is 2.54. The van der Waals surface area contributed by atoms with Gasteiger partial charge in [-0.15, -0.1) is 23.1 Å². The Morgan fingerprint density at radius 3 is 2.78 bits per heavy atom. The number of carbonyl (C=O) groups is 6. The van der Waals surface area contributed by atoms with Gasteiger partial charge in [-0.25, -0.2) is 14.6 Å². The summed E-state index contributed by atoms with van der Waals surface area (Å²) in [6, 6.07) is -1.11. The third-order valence-corrected chi connectivity index (χ3v) is 6.70. The van der Waals surface area contributed by atoms with Crippen LogP contribution in [-0.2, 0) is 38.3 Å². The Labute approximate surface area is 209 Å². The van der Waals surface area contributed by atoms with Gasteiger partial charge in [0, 0.05) is 16.7 Å². The van der Waals surface area contributed by atoms with E-state index in [1.807, 2.05) is 0 Å². The highest BCUT2D eigenvalue weighted by molar-refractivity contribution is 8.00. The zero-order chi connectivity index (χ0) is 26.2. The number of hydrogen-bond acceptors (Lipinski definition) is 13. The minimum absolute atomic E-state index is 0.0232. The second-order valence-electron chi connectivity index (χ2n) is 6.77. The van der Waals surface area contributed by atoms with Gasteiger partial charge in [-0.05, 0) is 0 Å². The number of nitrogens with zero attached hydrogens (tertiary/aromatic N) is 3. The van der Waals surface area contributed by atoms with Gasteiger partial charge in [0.05, 0.1) is 0 Å². The average molecular weight is 543 g/mol. The number of nitrogens with two attached hydrogens (primary N) is 1. The van der Waals surface area contributed by atoms with Gasteiger partial charge in [0.25, 0.3) is 18.3 Å². The van der Waals surface area contributed by atoms with E-state index in [0.717, 1.165) is 28.0 Å². The molecule has 2 atom stereocenters. The van der Waals surface area contributed by atoms with Crippen molar-refractivity contribution in [2.75, 3.05) is 30.9 Å². The van der Waals surface area contributed by atoms with Crippen LogP contribution in [0.4, 0.5) is 9.93 Å². The fourth-order valence-electron chi connectivity index (χ4n) is 3.11. The fourth-order valence-corrected chi connectivity index (χ4v) is 5.09. The quantitative estimate of drug-likeness (QED) is 0.0729. The van der Waals surface area contributed by atoms with Crippen molar-refractivity contribution in [3.05, 3.63) is 22.3 Å². The topological polar surface area (TPSA) is 229 Å². The number of ether oxygens (including phenoxy) is 2. The SMILES string of the molecule is NC(=O)OCC1=C(C(=O)O)N2C(=O)C(NC(=O)C(=NOCCOC=O)c3csc(NC=O)n3)[C@@H]2SC1. The molecule has 3 heterocycles. The molecule has 3 rings (SSSR count). The van der Waals surface area contributed by atoms with E-state index in [0.29, 0.717) is 6.41 Å². The Bertz CT molecular complexity index is 1140. The van der Waals surface area contributed by atoms with Crippen LogP contribution >= 0.6 is 23.1 Å². The molecule has 192 valence electrons. The third-order valence-electron chi connectivity index (χ3n) is 4.59. The Morgan fingerprint density at radius 2 is 2.11 bits per heavy atom. The van der Waals surface area contributed by atoms with Gasteiger partial charge >= 0.3 is 12.1 Å². The maximum absolute atomic E-state index is 13.0. The van der Waals surface area contributed by atoms with Crippen LogP contribution in [0.1, 0.15) is 5.69 Å². The van der Waals surface area contributed by atoms with E-state index < -0.39 is 41.9 Å². The molecule has 0 radical (unpaired) electrons. The summed E-state index contributed by atoms with van der Waals surface area (Å²) in [5.41, 5.74) is 4.43. The van der Waals surface area contributed by atoms with Crippen molar-refractivity contribution in [3.8, 4) is 0 Å². The molecule has 0 spiro atoms. The summed E-state index contributed by atoms with van der Waals surface area (Å²) in [6.07, 6.45) is -0.704. The lowest BCUT2D eigenvalue weighted by atomic mass is 10.0. The number of carbonyl (C=O) groups excluding carboxylic acids is 5. The molecular formula is C18H18N6O10S2. The number of fused-ring (bicyclic) bond motifs is 1. The Morgan fingerprint density at radius 1 is 1.33 bits per heavy atom. The summed E-state index contributed by atoms with van der Waals surface area (Å²) in [6.45, 7) is -0.519. The van der Waals surface area contributed by atoms with E-state index in [9.17, 15) is 33.9 Å². The lowest BCUT2D eigenvalue weighted by Crippen LogP contribution is -2.71. The van der Waals surface area contributed by atoms with Crippen LogP contribution in [0.15, 0.2) is 21.8 Å². The van der Waals surface area contributed by atoms with Crippen LogP contribution in [0, 0.1) is 0 Å². The van der Waals surface area contributed by atoms with E-state index in [1.165, 1.54) is 5.38 Å². The molecule has 0 bridgehead atoms. The van der Waals surface area contributed by atoms with Crippen LogP contribution < -0.4 is 16.4 Å². The van der Waals surface area contributed by atoms with Crippen molar-refractivity contribution in [1.29, 1.82) is 0 Å². The molecular weight excluding hydrogens is 524 g/mol. The molecule has 1 unspecified atom stereocenters. The average Bonchev–Trinajstić information content (AvgIpc) is 3.30. The molecule has 0 aliphatic carbocycles. The number of aromatic nitrogens is 1. The van der Waals surface area contributed by atoms with Crippen molar-refractivity contribution in [1.82, 2.24) is 15.2 Å². The van der Waals surface area contributed by atoms with E-state index >= 15 is 0 Å². The molecule has 1 aromatic heterocycles. The second-order valence-corrected chi connectivity index (χ2v) is 8.73. The highest BCUT2D eigenvalue weighted by Crippen LogP contribution is 2.40. The van der Waals surface area contributed by atoms with Gasteiger partial charge in [-0.1, -0.05) is 5.16 Å². The molecule has 1 aromatic rings. The van der Waals surface area contributed by atoms with Gasteiger partial charge in [0.1, 0.15) is 36.0 Å². The van der Waals surface area contributed by atoms with Crippen molar-refractivity contribution in [2.45, 2.75) is 11.4 Å². The molecule has 0 saturated carbocycles. The van der Waals surface area contributed by atoms with Crippen molar-refractivity contribution >= 4 is 70.7 Å². The van der Waals surface area contributed by atoms with Crippen LogP contribution in [0.25, 0.3) is 0 Å². The largest absolute Gasteiger partial charge is 0.477 e. The minimum Gasteiger partial charge on any atom is -0.477 e. The van der Waals surface area contributed by atoms with Crippen molar-refractivity contribution in [3.63, 3.8) is 0 Å². The zero-order valence-electron chi connectivity index (χ0n) is 18.1. The van der Waals surface area contributed by atoms with Crippen molar-refractivity contribution < 1.29 is 48.2 Å². The molecule has 1 fully saturated rings. The number of amides is 4. The molecule has 2 aliphatic heterocycles. The van der Waals surface area contributed by atoms with Crippen LogP contribution in [-0.4, -0.2) is 94.5 Å². The Balaban J connectivity index is 1.76. The van der Waals surface area contributed by atoms with Gasteiger partial charge in [-0.2, -0.15) is 0 Å². The van der Waals surface area contributed by atoms with Gasteiger partial charge in [-0.3, -0.25) is 24.1 Å². The first-order valence-corrected chi connectivity index (χ1v) is 11.8. The molecule has 36 heavy (non-hydrogen) atoms. The summed E-state index contributed by atoms with van der Waals surface area (Å²) in [5, 5.41) is 19.0. The van der Waals surface area contributed by atoms with Gasteiger partial charge in [0.15, 0.2) is 17.5 Å². The summed E-state index contributed by atoms with van der Waals surface area (Å²) in [5.74, 6) is -2.89. The number of thiazole rings is 1. The lowest BCUT2D eigenvalue weighted by molar-refractivity contribution is -0.150. The zero-order valence-corrected chi connectivity index (χ0v) is 19.7. The monoisotopic (exact) mass is 542 g/mol. The number of carboxylic acid groups (broad SMARTS) is 1. The van der Waals surface area contributed by atoms with Crippen LogP contribution in [0.3, 0.4) is 0 Å². The predicted molar refractivity (Wildman–Crippen MR) is 122 cm³/mol. The molecule has 5 N–H and O–H groups in total. The first-order chi connectivity index (χ1) is 17.3. The lowest BCUT2D eigenvalue weighted by Gasteiger charge is -2.49.